The fourth-order valence-corrected chi connectivity index (χ4v) is 6.78. The van der Waals surface area contributed by atoms with Crippen molar-refractivity contribution in [1.29, 1.82) is 5.26 Å². The summed E-state index contributed by atoms with van der Waals surface area (Å²) in [6.07, 6.45) is 6.17. The van der Waals surface area contributed by atoms with Gasteiger partial charge in [0, 0.05) is 11.4 Å². The fourth-order valence-electron chi connectivity index (χ4n) is 4.16. The molecule has 2 aromatic heterocycles. The third kappa shape index (κ3) is 4.05. The van der Waals surface area contributed by atoms with Crippen molar-refractivity contribution in [3.05, 3.63) is 39.5 Å². The minimum Gasteiger partial charge on any atom is -0.386 e. The zero-order valence-electron chi connectivity index (χ0n) is 17.7. The van der Waals surface area contributed by atoms with Crippen molar-refractivity contribution in [2.75, 3.05) is 5.32 Å². The minimum absolute atomic E-state index is 0.208. The number of aryl methyl sites for hydroxylation is 1. The topological polar surface area (TPSA) is 127 Å². The summed E-state index contributed by atoms with van der Waals surface area (Å²) in [5.41, 5.74) is 4.27. The van der Waals surface area contributed by atoms with Crippen LogP contribution in [-0.2, 0) is 34.8 Å². The van der Waals surface area contributed by atoms with E-state index in [4.69, 9.17) is 10.2 Å². The molecule has 2 amide bonds. The number of nitrogens with zero attached hydrogens (tertiary/aromatic N) is 3. The Balaban J connectivity index is 1.72. The summed E-state index contributed by atoms with van der Waals surface area (Å²) >= 11 is 1.08. The van der Waals surface area contributed by atoms with Gasteiger partial charge in [0.15, 0.2) is 16.1 Å². The molecular formula is C21H25N5O3S2. The number of aliphatic hydroxyl groups is 1. The Bertz CT molecular complexity index is 1210. The number of fused-ring (bicyclic) bond motifs is 2. The molecule has 4 rings (SSSR count). The van der Waals surface area contributed by atoms with Crippen molar-refractivity contribution in [3.63, 3.8) is 0 Å². The number of thiophene rings is 1. The highest BCUT2D eigenvalue weighted by molar-refractivity contribution is 7.94. The zero-order valence-corrected chi connectivity index (χ0v) is 19.3. The number of anilines is 1. The van der Waals surface area contributed by atoms with E-state index in [1.807, 2.05) is 0 Å². The Kier molecular flexibility index (Phi) is 5.54. The van der Waals surface area contributed by atoms with Crippen LogP contribution in [0.15, 0.2) is 20.0 Å². The lowest BCUT2D eigenvalue weighted by Crippen LogP contribution is -2.22. The van der Waals surface area contributed by atoms with E-state index < -0.39 is 21.5 Å². The van der Waals surface area contributed by atoms with Gasteiger partial charge in [-0.15, -0.1) is 15.7 Å². The van der Waals surface area contributed by atoms with Crippen LogP contribution >= 0.6 is 11.3 Å². The molecule has 2 aliphatic rings. The number of carbonyl (C=O) groups is 1. The van der Waals surface area contributed by atoms with Gasteiger partial charge in [-0.3, -0.25) is 4.98 Å². The third-order valence-electron chi connectivity index (χ3n) is 5.83. The van der Waals surface area contributed by atoms with E-state index in [1.54, 1.807) is 25.4 Å². The molecule has 2 aliphatic carbocycles. The van der Waals surface area contributed by atoms with Crippen molar-refractivity contribution >= 4 is 33.0 Å². The average Bonchev–Trinajstić information content (AvgIpc) is 3.41. The molecule has 0 fully saturated rings. The molecule has 0 aromatic carbocycles. The van der Waals surface area contributed by atoms with Crippen LogP contribution in [0.5, 0.6) is 0 Å². The van der Waals surface area contributed by atoms with Gasteiger partial charge in [0.05, 0.1) is 11.3 Å². The molecule has 0 saturated heterocycles. The summed E-state index contributed by atoms with van der Waals surface area (Å²) in [5.74, 6) is 0.337. The van der Waals surface area contributed by atoms with E-state index in [2.05, 4.69) is 21.3 Å². The summed E-state index contributed by atoms with van der Waals surface area (Å²) in [4.78, 5) is 17.7. The molecule has 0 radical (unpaired) electrons. The molecule has 164 valence electrons. The number of hydrogen-bond donors (Lipinski definition) is 3. The van der Waals surface area contributed by atoms with Gasteiger partial charge in [0.25, 0.3) is 0 Å². The molecule has 3 N–H and O–H groups in total. The monoisotopic (exact) mass is 459 g/mol. The molecule has 2 aromatic rings. The predicted molar refractivity (Wildman–Crippen MR) is 119 cm³/mol. The Morgan fingerprint density at radius 2 is 2.16 bits per heavy atom. The molecular weight excluding hydrogens is 434 g/mol. The second-order valence-corrected chi connectivity index (χ2v) is 11.6. The van der Waals surface area contributed by atoms with E-state index in [0.29, 0.717) is 11.5 Å². The lowest BCUT2D eigenvalue weighted by Gasteiger charge is -2.15. The fraction of sp³-hybridized carbons (Fsp3) is 0.476. The maximum absolute atomic E-state index is 13.4. The number of nitrogens with one attached hydrogen (secondary N) is 2. The molecule has 10 heteroatoms. The SMILES string of the molecule is C[C@@H]1CCc2c1nc1c(c2NC(=O)N=[S@](=O)(NC#N)c2cc(C(C)(C)O)cs2)CCC1. The summed E-state index contributed by atoms with van der Waals surface area (Å²) < 4.78 is 19.7. The first-order valence-corrected chi connectivity index (χ1v) is 12.6. The van der Waals surface area contributed by atoms with Gasteiger partial charge in [0.2, 0.25) is 0 Å². The number of hydrogen-bond acceptors (Lipinski definition) is 6. The van der Waals surface area contributed by atoms with E-state index in [0.717, 1.165) is 71.6 Å². The molecule has 8 nitrogen and oxygen atoms in total. The summed E-state index contributed by atoms with van der Waals surface area (Å²) in [7, 11) is -3.52. The van der Waals surface area contributed by atoms with Crippen LogP contribution < -0.4 is 10.0 Å². The van der Waals surface area contributed by atoms with E-state index >= 15 is 0 Å². The number of carbonyl (C=O) groups excluding carboxylic acids is 1. The molecule has 0 aliphatic heterocycles. The normalized spacial score (nSPS) is 19.1. The lowest BCUT2D eigenvalue weighted by atomic mass is 10.0. The Morgan fingerprint density at radius 1 is 1.39 bits per heavy atom. The van der Waals surface area contributed by atoms with Crippen LogP contribution in [-0.4, -0.2) is 20.3 Å². The van der Waals surface area contributed by atoms with Gasteiger partial charge in [-0.25, -0.2) is 13.7 Å². The molecule has 2 atom stereocenters. The average molecular weight is 460 g/mol. The second kappa shape index (κ2) is 7.89. The standard InChI is InChI=1S/C21H25N5O3S2/c1-12-7-8-15-18(12)24-16-6-4-5-14(16)19(15)25-20(27)26-31(29,23-11-22)17-9-13(10-30-17)21(2,3)28/h9-10,12,28H,4-8H2,1-3H3,(H2,23,24,25,26,27,29)/t12-,31-/m1/s1. The van der Waals surface area contributed by atoms with Gasteiger partial charge in [-0.2, -0.15) is 5.26 Å². The summed E-state index contributed by atoms with van der Waals surface area (Å²) in [6.45, 7) is 5.35. The van der Waals surface area contributed by atoms with E-state index in [-0.39, 0.29) is 4.21 Å². The first-order valence-electron chi connectivity index (χ1n) is 10.2. The van der Waals surface area contributed by atoms with E-state index in [9.17, 15) is 14.1 Å². The van der Waals surface area contributed by atoms with Gasteiger partial charge in [-0.05, 0) is 80.0 Å². The summed E-state index contributed by atoms with van der Waals surface area (Å²) in [5, 5.41) is 23.8. The largest absolute Gasteiger partial charge is 0.386 e. The first-order chi connectivity index (χ1) is 14.6. The molecule has 0 bridgehead atoms. The number of pyridine rings is 1. The highest BCUT2D eigenvalue weighted by Crippen LogP contribution is 2.41. The Labute approximate surface area is 186 Å². The van der Waals surface area contributed by atoms with Crippen molar-refractivity contribution in [3.8, 4) is 6.19 Å². The van der Waals surface area contributed by atoms with Crippen molar-refractivity contribution < 1.29 is 14.1 Å². The maximum atomic E-state index is 13.4. The van der Waals surface area contributed by atoms with Gasteiger partial charge in [-0.1, -0.05) is 6.92 Å². The van der Waals surface area contributed by atoms with Gasteiger partial charge in [0.1, 0.15) is 4.21 Å². The number of urea groups is 1. The van der Waals surface area contributed by atoms with Crippen molar-refractivity contribution in [1.82, 2.24) is 9.71 Å². The maximum Gasteiger partial charge on any atom is 0.355 e. The van der Waals surface area contributed by atoms with Crippen LogP contribution in [0, 0.1) is 11.5 Å². The number of rotatable bonds is 4. The minimum atomic E-state index is -3.52. The van der Waals surface area contributed by atoms with Crippen molar-refractivity contribution in [2.45, 2.75) is 68.6 Å². The smallest absolute Gasteiger partial charge is 0.355 e. The predicted octanol–water partition coefficient (Wildman–Crippen LogP) is 3.95. The Hall–Kier alpha value is -2.48. The van der Waals surface area contributed by atoms with Gasteiger partial charge >= 0.3 is 6.03 Å². The second-order valence-electron chi connectivity index (χ2n) is 8.54. The highest BCUT2D eigenvalue weighted by atomic mass is 32.2. The first kappa shape index (κ1) is 21.7. The Morgan fingerprint density at radius 3 is 2.84 bits per heavy atom. The summed E-state index contributed by atoms with van der Waals surface area (Å²) in [6, 6.07) is 0.741. The zero-order chi connectivity index (χ0) is 22.4. The quantitative estimate of drug-likeness (QED) is 0.471. The number of nitriles is 1. The number of amides is 2. The molecule has 0 saturated carbocycles. The highest BCUT2D eigenvalue weighted by Gasteiger charge is 2.30. The molecule has 31 heavy (non-hydrogen) atoms. The van der Waals surface area contributed by atoms with Gasteiger partial charge < -0.3 is 10.4 Å². The van der Waals surface area contributed by atoms with Crippen LogP contribution in [0.3, 0.4) is 0 Å². The van der Waals surface area contributed by atoms with E-state index in [1.165, 1.54) is 6.07 Å². The molecule has 2 heterocycles. The van der Waals surface area contributed by atoms with Crippen LogP contribution in [0.2, 0.25) is 0 Å². The van der Waals surface area contributed by atoms with Crippen molar-refractivity contribution in [2.24, 2.45) is 4.36 Å². The van der Waals surface area contributed by atoms with Crippen LogP contribution in [0.1, 0.15) is 67.6 Å². The lowest BCUT2D eigenvalue weighted by molar-refractivity contribution is 0.0789. The number of aromatic nitrogens is 1. The third-order valence-corrected chi connectivity index (χ3v) is 8.98. The molecule has 0 unspecified atom stereocenters. The van der Waals surface area contributed by atoms with Crippen LogP contribution in [0.25, 0.3) is 0 Å². The molecule has 0 spiro atoms. The van der Waals surface area contributed by atoms with Crippen LogP contribution in [0.4, 0.5) is 10.5 Å².